The normalized spacial score (nSPS) is 21.7. The van der Waals surface area contributed by atoms with Crippen molar-refractivity contribution >= 4 is 11.6 Å². The maximum absolute atomic E-state index is 6.44. The minimum Gasteiger partial charge on any atom is -0.241 e. The summed E-state index contributed by atoms with van der Waals surface area (Å²) in [6.07, 6.45) is 11.4. The van der Waals surface area contributed by atoms with Crippen LogP contribution < -0.4 is 0 Å². The van der Waals surface area contributed by atoms with E-state index in [-0.39, 0.29) is 5.38 Å². The third kappa shape index (κ3) is 2.62. The van der Waals surface area contributed by atoms with Crippen LogP contribution in [0.4, 0.5) is 0 Å². The first-order valence-corrected chi connectivity index (χ1v) is 7.24. The van der Waals surface area contributed by atoms with Crippen LogP contribution in [0.2, 0.25) is 0 Å². The Labute approximate surface area is 108 Å². The molecule has 0 aliphatic heterocycles. The molecule has 1 atom stereocenters. The van der Waals surface area contributed by atoms with E-state index in [9.17, 15) is 0 Å². The highest BCUT2D eigenvalue weighted by Crippen LogP contribution is 2.37. The summed E-state index contributed by atoms with van der Waals surface area (Å²) in [5.41, 5.74) is 3.92. The molecule has 1 saturated carbocycles. The van der Waals surface area contributed by atoms with Gasteiger partial charge in [0.2, 0.25) is 0 Å². The number of rotatable bonds is 3. The summed E-state index contributed by atoms with van der Waals surface area (Å²) in [4.78, 5) is 8.94. The largest absolute Gasteiger partial charge is 0.241 e. The molecule has 3 rings (SSSR count). The summed E-state index contributed by atoms with van der Waals surface area (Å²) in [6.45, 7) is 0. The smallest absolute Gasteiger partial charge is 0.115 e. The van der Waals surface area contributed by atoms with Crippen LogP contribution in [0.1, 0.15) is 49.1 Å². The van der Waals surface area contributed by atoms with Crippen LogP contribution in [0, 0.1) is 5.92 Å². The molecular formula is C14H19ClN2. The molecule has 92 valence electrons. The van der Waals surface area contributed by atoms with Crippen molar-refractivity contribution in [3.63, 3.8) is 0 Å². The molecule has 2 aliphatic carbocycles. The second-order valence-electron chi connectivity index (χ2n) is 5.36. The molecule has 17 heavy (non-hydrogen) atoms. The summed E-state index contributed by atoms with van der Waals surface area (Å²) >= 11 is 6.44. The van der Waals surface area contributed by atoms with Gasteiger partial charge in [-0.05, 0) is 50.0 Å². The molecule has 0 radical (unpaired) electrons. The van der Waals surface area contributed by atoms with E-state index in [2.05, 4.69) is 9.97 Å². The molecule has 1 fully saturated rings. The maximum Gasteiger partial charge on any atom is 0.115 e. The SMILES string of the molecule is ClC(Cc1ncnc2c1CCCCC2)C1CC1. The quantitative estimate of drug-likeness (QED) is 0.608. The number of nitrogens with zero attached hydrogens (tertiary/aromatic N) is 2. The van der Waals surface area contributed by atoms with Crippen molar-refractivity contribution in [1.29, 1.82) is 0 Å². The van der Waals surface area contributed by atoms with Gasteiger partial charge in [0.15, 0.2) is 0 Å². The number of aromatic nitrogens is 2. The highest BCUT2D eigenvalue weighted by molar-refractivity contribution is 6.21. The van der Waals surface area contributed by atoms with Crippen molar-refractivity contribution in [1.82, 2.24) is 9.97 Å². The van der Waals surface area contributed by atoms with Crippen LogP contribution in [-0.4, -0.2) is 15.3 Å². The van der Waals surface area contributed by atoms with Gasteiger partial charge in [0.05, 0.1) is 0 Å². The van der Waals surface area contributed by atoms with Crippen LogP contribution in [0.3, 0.4) is 0 Å². The van der Waals surface area contributed by atoms with Crippen LogP contribution in [-0.2, 0) is 19.3 Å². The average molecular weight is 251 g/mol. The van der Waals surface area contributed by atoms with Gasteiger partial charge in [-0.1, -0.05) is 6.42 Å². The van der Waals surface area contributed by atoms with Gasteiger partial charge in [-0.3, -0.25) is 0 Å². The van der Waals surface area contributed by atoms with Crippen molar-refractivity contribution in [3.05, 3.63) is 23.3 Å². The van der Waals surface area contributed by atoms with Gasteiger partial charge in [-0.25, -0.2) is 9.97 Å². The van der Waals surface area contributed by atoms with Crippen molar-refractivity contribution in [2.75, 3.05) is 0 Å². The molecule has 0 amide bonds. The summed E-state index contributed by atoms with van der Waals surface area (Å²) in [7, 11) is 0. The van der Waals surface area contributed by atoms with Gasteiger partial charge in [-0.2, -0.15) is 0 Å². The predicted molar refractivity (Wildman–Crippen MR) is 69.4 cm³/mol. The zero-order chi connectivity index (χ0) is 11.7. The van der Waals surface area contributed by atoms with E-state index in [1.165, 1.54) is 49.1 Å². The van der Waals surface area contributed by atoms with E-state index >= 15 is 0 Å². The number of halogens is 1. The molecule has 0 N–H and O–H groups in total. The summed E-state index contributed by atoms with van der Waals surface area (Å²) in [5, 5.41) is 0.289. The summed E-state index contributed by atoms with van der Waals surface area (Å²) in [5.74, 6) is 0.744. The van der Waals surface area contributed by atoms with Crippen molar-refractivity contribution < 1.29 is 0 Å². The predicted octanol–water partition coefficient (Wildman–Crippen LogP) is 3.31. The van der Waals surface area contributed by atoms with E-state index in [0.717, 1.165) is 25.2 Å². The Morgan fingerprint density at radius 2 is 2.00 bits per heavy atom. The fourth-order valence-corrected chi connectivity index (χ4v) is 3.15. The van der Waals surface area contributed by atoms with Gasteiger partial charge >= 0.3 is 0 Å². The highest BCUT2D eigenvalue weighted by atomic mass is 35.5. The van der Waals surface area contributed by atoms with Gasteiger partial charge < -0.3 is 0 Å². The third-order valence-electron chi connectivity index (χ3n) is 3.99. The Balaban J connectivity index is 1.82. The topological polar surface area (TPSA) is 25.8 Å². The Kier molecular flexibility index (Phi) is 3.32. The molecule has 0 bridgehead atoms. The van der Waals surface area contributed by atoms with Crippen molar-refractivity contribution in [2.45, 2.75) is 56.7 Å². The van der Waals surface area contributed by atoms with Crippen molar-refractivity contribution in [2.24, 2.45) is 5.92 Å². The Bertz CT molecular complexity index is 401. The molecule has 1 aromatic heterocycles. The van der Waals surface area contributed by atoms with Gasteiger partial charge in [0.1, 0.15) is 6.33 Å². The molecule has 1 heterocycles. The van der Waals surface area contributed by atoms with Gasteiger partial charge in [-0.15, -0.1) is 11.6 Å². The van der Waals surface area contributed by atoms with Crippen LogP contribution in [0.5, 0.6) is 0 Å². The molecule has 2 nitrogen and oxygen atoms in total. The number of hydrogen-bond acceptors (Lipinski definition) is 2. The lowest BCUT2D eigenvalue weighted by atomic mass is 10.0. The van der Waals surface area contributed by atoms with Crippen molar-refractivity contribution in [3.8, 4) is 0 Å². The van der Waals surface area contributed by atoms with Gasteiger partial charge in [0.25, 0.3) is 0 Å². The van der Waals surface area contributed by atoms with Crippen LogP contribution in [0.15, 0.2) is 6.33 Å². The standard InChI is InChI=1S/C14H19ClN2/c15-12(10-6-7-10)8-14-11-4-2-1-3-5-13(11)16-9-17-14/h9-10,12H,1-8H2. The Hall–Kier alpha value is -0.630. The zero-order valence-electron chi connectivity index (χ0n) is 10.2. The number of alkyl halides is 1. The van der Waals surface area contributed by atoms with E-state index in [1.807, 2.05) is 0 Å². The maximum atomic E-state index is 6.44. The van der Waals surface area contributed by atoms with E-state index in [4.69, 9.17) is 11.6 Å². The Morgan fingerprint density at radius 1 is 1.18 bits per heavy atom. The fourth-order valence-electron chi connectivity index (χ4n) is 2.75. The molecule has 0 aromatic carbocycles. The lowest BCUT2D eigenvalue weighted by Gasteiger charge is -2.13. The monoisotopic (exact) mass is 250 g/mol. The minimum absolute atomic E-state index is 0.289. The first-order chi connectivity index (χ1) is 8.34. The average Bonchev–Trinajstić information content (AvgIpc) is 3.16. The number of aryl methyl sites for hydroxylation is 1. The molecular weight excluding hydrogens is 232 g/mol. The molecule has 1 unspecified atom stereocenters. The lowest BCUT2D eigenvalue weighted by molar-refractivity contribution is 0.699. The lowest BCUT2D eigenvalue weighted by Crippen LogP contribution is -2.12. The van der Waals surface area contributed by atoms with Gasteiger partial charge in [0, 0.05) is 23.2 Å². The molecule has 1 aromatic rings. The number of hydrogen-bond donors (Lipinski definition) is 0. The summed E-state index contributed by atoms with van der Waals surface area (Å²) < 4.78 is 0. The number of fused-ring (bicyclic) bond motifs is 1. The Morgan fingerprint density at radius 3 is 2.82 bits per heavy atom. The fraction of sp³-hybridized carbons (Fsp3) is 0.714. The molecule has 2 aliphatic rings. The third-order valence-corrected chi connectivity index (χ3v) is 4.50. The first-order valence-electron chi connectivity index (χ1n) is 6.80. The zero-order valence-corrected chi connectivity index (χ0v) is 10.9. The minimum atomic E-state index is 0.289. The van der Waals surface area contributed by atoms with E-state index in [0.29, 0.717) is 0 Å². The summed E-state index contributed by atoms with van der Waals surface area (Å²) in [6, 6.07) is 0. The van der Waals surface area contributed by atoms with E-state index in [1.54, 1.807) is 6.33 Å². The molecule has 3 heteroatoms. The first kappa shape index (κ1) is 11.5. The second kappa shape index (κ2) is 4.93. The van der Waals surface area contributed by atoms with Crippen LogP contribution >= 0.6 is 11.6 Å². The molecule has 0 saturated heterocycles. The highest BCUT2D eigenvalue weighted by Gasteiger charge is 2.30. The van der Waals surface area contributed by atoms with Crippen LogP contribution in [0.25, 0.3) is 0 Å². The second-order valence-corrected chi connectivity index (χ2v) is 5.92. The molecule has 0 spiro atoms. The van der Waals surface area contributed by atoms with E-state index < -0.39 is 0 Å².